The lowest BCUT2D eigenvalue weighted by Gasteiger charge is -2.27. The van der Waals surface area contributed by atoms with E-state index in [1.165, 1.54) is 0 Å². The van der Waals surface area contributed by atoms with Gasteiger partial charge in [0.1, 0.15) is 17.5 Å². The highest BCUT2D eigenvalue weighted by atomic mass is 19.4. The van der Waals surface area contributed by atoms with Gasteiger partial charge in [-0.25, -0.2) is 0 Å². The van der Waals surface area contributed by atoms with Gasteiger partial charge in [0.05, 0.1) is 7.11 Å². The van der Waals surface area contributed by atoms with Crippen molar-refractivity contribution in [1.29, 1.82) is 0 Å². The van der Waals surface area contributed by atoms with Gasteiger partial charge in [0.25, 0.3) is 0 Å². The summed E-state index contributed by atoms with van der Waals surface area (Å²) in [6.45, 7) is 0. The fourth-order valence-corrected chi connectivity index (χ4v) is 1.52. The van der Waals surface area contributed by atoms with Gasteiger partial charge in [-0.05, 0) is 18.2 Å². The monoisotopic (exact) mass is 339 g/mol. The number of methoxy groups -OCH3 is 1. The minimum atomic E-state index is -5.99. The highest BCUT2D eigenvalue weighted by molar-refractivity contribution is 5.43. The van der Waals surface area contributed by atoms with E-state index in [1.54, 1.807) is 0 Å². The molecule has 0 spiro atoms. The van der Waals surface area contributed by atoms with Gasteiger partial charge in [-0.2, -0.15) is 22.0 Å². The van der Waals surface area contributed by atoms with Gasteiger partial charge in [-0.1, -0.05) is 0 Å². The largest absolute Gasteiger partial charge is 0.573 e. The lowest BCUT2D eigenvalue weighted by atomic mass is 9.99. The van der Waals surface area contributed by atoms with Crippen LogP contribution in [0.5, 0.6) is 11.5 Å². The number of halogens is 8. The second kappa shape index (κ2) is 5.78. The molecule has 22 heavy (non-hydrogen) atoms. The van der Waals surface area contributed by atoms with Crippen LogP contribution in [0.15, 0.2) is 18.2 Å². The first-order chi connectivity index (χ1) is 9.79. The molecular formula is C11H9F8NO2. The van der Waals surface area contributed by atoms with E-state index in [-0.39, 0.29) is 0 Å². The average Bonchev–Trinajstić information content (AvgIpc) is 2.34. The van der Waals surface area contributed by atoms with Crippen molar-refractivity contribution >= 4 is 0 Å². The Morgan fingerprint density at radius 3 is 1.95 bits per heavy atom. The molecule has 3 nitrogen and oxygen atoms in total. The van der Waals surface area contributed by atoms with Crippen molar-refractivity contribution in [2.45, 2.75) is 24.5 Å². The summed E-state index contributed by atoms with van der Waals surface area (Å²) in [5.74, 6) is -6.92. The Morgan fingerprint density at radius 2 is 1.55 bits per heavy atom. The molecule has 11 heteroatoms. The molecule has 126 valence electrons. The van der Waals surface area contributed by atoms with Crippen LogP contribution in [0.1, 0.15) is 11.6 Å². The number of alkyl halides is 8. The number of benzene rings is 1. The Balaban J connectivity index is 3.29. The fraction of sp³-hybridized carbons (Fsp3) is 0.455. The second-order valence-corrected chi connectivity index (χ2v) is 4.05. The van der Waals surface area contributed by atoms with E-state index in [0.717, 1.165) is 13.2 Å². The maximum atomic E-state index is 13.2. The third-order valence-electron chi connectivity index (χ3n) is 2.54. The molecule has 0 amide bonds. The number of nitrogens with two attached hydrogens (primary N) is 1. The predicted octanol–water partition coefficient (Wildman–Crippen LogP) is 3.79. The first-order valence-electron chi connectivity index (χ1n) is 5.43. The van der Waals surface area contributed by atoms with Crippen LogP contribution in [-0.4, -0.2) is 25.6 Å². The van der Waals surface area contributed by atoms with Crippen LogP contribution >= 0.6 is 0 Å². The quantitative estimate of drug-likeness (QED) is 0.849. The van der Waals surface area contributed by atoms with Gasteiger partial charge in [0.2, 0.25) is 0 Å². The van der Waals surface area contributed by atoms with Crippen molar-refractivity contribution < 1.29 is 44.6 Å². The summed E-state index contributed by atoms with van der Waals surface area (Å²) in [5.41, 5.74) is 3.90. The molecule has 0 bridgehead atoms. The van der Waals surface area contributed by atoms with Crippen molar-refractivity contribution in [2.24, 2.45) is 5.73 Å². The Kier molecular flexibility index (Phi) is 4.80. The minimum absolute atomic E-state index is 0.316. The molecule has 0 aromatic heterocycles. The van der Waals surface area contributed by atoms with Gasteiger partial charge in [-0.3, -0.25) is 0 Å². The summed E-state index contributed by atoms with van der Waals surface area (Å²) in [6.07, 6.45) is -11.1. The van der Waals surface area contributed by atoms with Crippen LogP contribution < -0.4 is 15.2 Å². The number of hydrogen-bond acceptors (Lipinski definition) is 3. The predicted molar refractivity (Wildman–Crippen MR) is 57.6 cm³/mol. The van der Waals surface area contributed by atoms with Crippen LogP contribution in [0.3, 0.4) is 0 Å². The molecule has 0 heterocycles. The zero-order chi connectivity index (χ0) is 17.3. The van der Waals surface area contributed by atoms with Crippen molar-refractivity contribution in [1.82, 2.24) is 0 Å². The molecule has 1 atom stereocenters. The lowest BCUT2D eigenvalue weighted by molar-refractivity contribution is -0.291. The average molecular weight is 339 g/mol. The van der Waals surface area contributed by atoms with Crippen molar-refractivity contribution in [3.8, 4) is 11.5 Å². The van der Waals surface area contributed by atoms with Crippen molar-refractivity contribution in [2.75, 3.05) is 7.11 Å². The van der Waals surface area contributed by atoms with E-state index in [4.69, 9.17) is 5.73 Å². The number of ether oxygens (including phenoxy) is 2. The first kappa shape index (κ1) is 18.3. The van der Waals surface area contributed by atoms with E-state index in [2.05, 4.69) is 9.47 Å². The summed E-state index contributed by atoms with van der Waals surface area (Å²) >= 11 is 0. The summed E-state index contributed by atoms with van der Waals surface area (Å²) in [4.78, 5) is 0. The highest BCUT2D eigenvalue weighted by Gasteiger charge is 2.62. The molecule has 2 N–H and O–H groups in total. The third-order valence-corrected chi connectivity index (χ3v) is 2.54. The molecule has 0 aliphatic rings. The van der Waals surface area contributed by atoms with Crippen LogP contribution in [0.4, 0.5) is 35.1 Å². The Hall–Kier alpha value is -1.78. The summed E-state index contributed by atoms with van der Waals surface area (Å²) in [6, 6.07) is -1.23. The molecule has 1 rings (SSSR count). The van der Waals surface area contributed by atoms with Crippen LogP contribution in [-0.2, 0) is 0 Å². The zero-order valence-corrected chi connectivity index (χ0v) is 10.7. The fourth-order valence-electron chi connectivity index (χ4n) is 1.52. The van der Waals surface area contributed by atoms with Gasteiger partial charge < -0.3 is 15.2 Å². The van der Waals surface area contributed by atoms with Crippen LogP contribution in [0.2, 0.25) is 0 Å². The van der Waals surface area contributed by atoms with E-state index in [0.29, 0.717) is 12.1 Å². The number of hydrogen-bond donors (Lipinski definition) is 1. The zero-order valence-electron chi connectivity index (χ0n) is 10.7. The third kappa shape index (κ3) is 3.90. The van der Waals surface area contributed by atoms with Gasteiger partial charge in [0.15, 0.2) is 0 Å². The van der Waals surface area contributed by atoms with Crippen molar-refractivity contribution in [3.05, 3.63) is 23.8 Å². The smallest absolute Gasteiger partial charge is 0.496 e. The van der Waals surface area contributed by atoms with Gasteiger partial charge in [0, 0.05) is 5.56 Å². The van der Waals surface area contributed by atoms with E-state index >= 15 is 0 Å². The van der Waals surface area contributed by atoms with Crippen molar-refractivity contribution in [3.63, 3.8) is 0 Å². The first-order valence-corrected chi connectivity index (χ1v) is 5.43. The normalized spacial score (nSPS) is 14.6. The number of rotatable bonds is 4. The van der Waals surface area contributed by atoms with E-state index in [1.807, 2.05) is 0 Å². The molecule has 0 saturated carbocycles. The minimum Gasteiger partial charge on any atom is -0.496 e. The Bertz CT molecular complexity index is 526. The molecule has 0 aliphatic heterocycles. The molecule has 0 fully saturated rings. The molecule has 0 unspecified atom stereocenters. The van der Waals surface area contributed by atoms with Gasteiger partial charge in [-0.15, -0.1) is 13.2 Å². The Labute approximate surface area is 118 Å². The van der Waals surface area contributed by atoms with Crippen LogP contribution in [0, 0.1) is 0 Å². The SMILES string of the molecule is COc1ccc(OC(F)(F)F)cc1[C@@H](N)C(F)(F)C(F)(F)F. The second-order valence-electron chi connectivity index (χ2n) is 4.05. The molecule has 0 saturated heterocycles. The molecule has 1 aromatic rings. The standard InChI is InChI=1S/C11H9F8NO2/c1-21-7-3-2-5(22-11(17,18)19)4-6(7)8(20)9(12,13)10(14,15)16/h2-4,8H,20H2,1H3/t8-/m1/s1. The molecular weight excluding hydrogens is 330 g/mol. The molecule has 0 radical (unpaired) electrons. The summed E-state index contributed by atoms with van der Waals surface area (Å²) < 4.78 is 108. The lowest BCUT2D eigenvalue weighted by Crippen LogP contribution is -2.46. The summed E-state index contributed by atoms with van der Waals surface area (Å²) in [7, 11) is 0.932. The highest BCUT2D eigenvalue weighted by Crippen LogP contribution is 2.46. The summed E-state index contributed by atoms with van der Waals surface area (Å²) in [5, 5.41) is 0. The Morgan fingerprint density at radius 1 is 1.00 bits per heavy atom. The van der Waals surface area contributed by atoms with Gasteiger partial charge >= 0.3 is 18.5 Å². The maximum absolute atomic E-state index is 13.2. The van der Waals surface area contributed by atoms with E-state index in [9.17, 15) is 35.1 Å². The van der Waals surface area contributed by atoms with E-state index < -0.39 is 41.6 Å². The molecule has 1 aromatic carbocycles. The van der Waals surface area contributed by atoms with Crippen LogP contribution in [0.25, 0.3) is 0 Å². The topological polar surface area (TPSA) is 44.5 Å². The maximum Gasteiger partial charge on any atom is 0.573 e. The molecule has 0 aliphatic carbocycles.